The second-order valence-electron chi connectivity index (χ2n) is 5.03. The molecular weight excluding hydrogens is 256 g/mol. The van der Waals surface area contributed by atoms with E-state index >= 15 is 0 Å². The summed E-state index contributed by atoms with van der Waals surface area (Å²) in [6.45, 7) is 1.25. The molecule has 5 nitrogen and oxygen atoms in total. The van der Waals surface area contributed by atoms with E-state index in [1.807, 2.05) is 24.3 Å². The van der Waals surface area contributed by atoms with Crippen molar-refractivity contribution in [3.63, 3.8) is 0 Å². The van der Waals surface area contributed by atoms with Gasteiger partial charge >= 0.3 is 0 Å². The average Bonchev–Trinajstić information content (AvgIpc) is 2.47. The van der Waals surface area contributed by atoms with Crippen LogP contribution in [0.15, 0.2) is 24.3 Å². The molecule has 0 saturated heterocycles. The zero-order chi connectivity index (χ0) is 14.4. The van der Waals surface area contributed by atoms with Crippen molar-refractivity contribution in [2.45, 2.75) is 24.8 Å². The van der Waals surface area contributed by atoms with E-state index in [-0.39, 0.29) is 24.5 Å². The number of para-hydroxylation sites is 1. The summed E-state index contributed by atoms with van der Waals surface area (Å²) in [5, 5.41) is 15.3. The van der Waals surface area contributed by atoms with Crippen LogP contribution >= 0.6 is 0 Å². The molecule has 3 N–H and O–H groups in total. The van der Waals surface area contributed by atoms with Gasteiger partial charge in [0.1, 0.15) is 0 Å². The number of fused-ring (bicyclic) bond motifs is 1. The SMILES string of the molecule is COCC(CCO)NC(=O)C1CCNc2ccccc21. The first-order valence-corrected chi connectivity index (χ1v) is 6.99. The molecule has 1 aliphatic rings. The standard InChI is InChI=1S/C15H22N2O3/c1-20-10-11(7-9-18)17-15(19)13-6-8-16-14-5-3-2-4-12(13)14/h2-5,11,13,16,18H,6-10H2,1H3,(H,17,19). The Kier molecular flexibility index (Phi) is 5.38. The van der Waals surface area contributed by atoms with Gasteiger partial charge in [-0.15, -0.1) is 0 Å². The molecule has 0 saturated carbocycles. The van der Waals surface area contributed by atoms with Crippen LogP contribution in [0.25, 0.3) is 0 Å². The minimum absolute atomic E-state index is 0.00875. The number of anilines is 1. The molecule has 0 spiro atoms. The zero-order valence-corrected chi connectivity index (χ0v) is 11.8. The van der Waals surface area contributed by atoms with Crippen LogP contribution in [-0.2, 0) is 9.53 Å². The van der Waals surface area contributed by atoms with E-state index in [1.54, 1.807) is 7.11 Å². The maximum Gasteiger partial charge on any atom is 0.227 e. The van der Waals surface area contributed by atoms with Crippen molar-refractivity contribution in [3.8, 4) is 0 Å². The highest BCUT2D eigenvalue weighted by Crippen LogP contribution is 2.31. The van der Waals surface area contributed by atoms with Gasteiger partial charge in [0.15, 0.2) is 0 Å². The van der Waals surface area contributed by atoms with Gasteiger partial charge in [-0.1, -0.05) is 18.2 Å². The molecule has 0 aliphatic carbocycles. The summed E-state index contributed by atoms with van der Waals surface area (Å²) in [5.41, 5.74) is 2.07. The lowest BCUT2D eigenvalue weighted by Gasteiger charge is -2.27. The fourth-order valence-electron chi connectivity index (χ4n) is 2.60. The van der Waals surface area contributed by atoms with Crippen molar-refractivity contribution in [1.82, 2.24) is 5.32 Å². The number of nitrogens with one attached hydrogen (secondary N) is 2. The van der Waals surface area contributed by atoms with Crippen molar-refractivity contribution >= 4 is 11.6 Å². The Morgan fingerprint density at radius 3 is 3.10 bits per heavy atom. The number of carbonyl (C=O) groups is 1. The van der Waals surface area contributed by atoms with Gasteiger partial charge in [0.05, 0.1) is 18.6 Å². The maximum atomic E-state index is 12.4. The number of ether oxygens (including phenoxy) is 1. The molecule has 0 fully saturated rings. The fraction of sp³-hybridized carbons (Fsp3) is 0.533. The first-order chi connectivity index (χ1) is 9.76. The van der Waals surface area contributed by atoms with Gasteiger partial charge in [0.2, 0.25) is 5.91 Å². The summed E-state index contributed by atoms with van der Waals surface area (Å²) >= 11 is 0. The van der Waals surface area contributed by atoms with Crippen LogP contribution in [0.4, 0.5) is 5.69 Å². The largest absolute Gasteiger partial charge is 0.396 e. The molecule has 5 heteroatoms. The minimum Gasteiger partial charge on any atom is -0.396 e. The molecule has 110 valence electrons. The third kappa shape index (κ3) is 3.49. The van der Waals surface area contributed by atoms with E-state index in [4.69, 9.17) is 9.84 Å². The molecule has 1 aromatic rings. The number of hydrogen-bond donors (Lipinski definition) is 3. The molecule has 0 aromatic heterocycles. The van der Waals surface area contributed by atoms with Crippen LogP contribution in [0.3, 0.4) is 0 Å². The number of methoxy groups -OCH3 is 1. The summed E-state index contributed by atoms with van der Waals surface area (Å²) in [6.07, 6.45) is 1.29. The summed E-state index contributed by atoms with van der Waals surface area (Å²) in [6, 6.07) is 7.76. The van der Waals surface area contributed by atoms with E-state index in [2.05, 4.69) is 10.6 Å². The number of rotatable bonds is 6. The predicted octanol–water partition coefficient (Wildman–Crippen LogP) is 1.10. The number of carbonyl (C=O) groups excluding carboxylic acids is 1. The summed E-state index contributed by atoms with van der Waals surface area (Å²) in [5.74, 6) is -0.125. The number of aliphatic hydroxyl groups is 1. The normalized spacial score (nSPS) is 18.8. The quantitative estimate of drug-likeness (QED) is 0.729. The molecule has 1 aromatic carbocycles. The molecule has 0 bridgehead atoms. The molecule has 1 aliphatic heterocycles. The number of amides is 1. The van der Waals surface area contributed by atoms with Crippen molar-refractivity contribution in [2.75, 3.05) is 32.2 Å². The Labute approximate surface area is 119 Å². The Hall–Kier alpha value is -1.59. The second-order valence-corrected chi connectivity index (χ2v) is 5.03. The van der Waals surface area contributed by atoms with Crippen molar-refractivity contribution in [2.24, 2.45) is 0 Å². The van der Waals surface area contributed by atoms with E-state index in [0.717, 1.165) is 24.2 Å². The third-order valence-electron chi connectivity index (χ3n) is 3.59. The van der Waals surface area contributed by atoms with E-state index in [0.29, 0.717) is 13.0 Å². The van der Waals surface area contributed by atoms with Gasteiger partial charge in [-0.3, -0.25) is 4.79 Å². The summed E-state index contributed by atoms with van der Waals surface area (Å²) in [4.78, 5) is 12.4. The lowest BCUT2D eigenvalue weighted by Crippen LogP contribution is -2.42. The zero-order valence-electron chi connectivity index (χ0n) is 11.8. The van der Waals surface area contributed by atoms with Gasteiger partial charge in [0, 0.05) is 25.9 Å². The van der Waals surface area contributed by atoms with E-state index in [9.17, 15) is 4.79 Å². The Bertz CT molecular complexity index is 444. The first kappa shape index (κ1) is 14.8. The highest BCUT2D eigenvalue weighted by molar-refractivity contribution is 5.86. The lowest BCUT2D eigenvalue weighted by molar-refractivity contribution is -0.123. The summed E-state index contributed by atoms with van der Waals surface area (Å²) < 4.78 is 5.08. The smallest absolute Gasteiger partial charge is 0.227 e. The Morgan fingerprint density at radius 2 is 2.35 bits per heavy atom. The second kappa shape index (κ2) is 7.26. The predicted molar refractivity (Wildman–Crippen MR) is 77.8 cm³/mol. The highest BCUT2D eigenvalue weighted by atomic mass is 16.5. The van der Waals surface area contributed by atoms with E-state index < -0.39 is 0 Å². The highest BCUT2D eigenvalue weighted by Gasteiger charge is 2.27. The molecule has 2 atom stereocenters. The number of aliphatic hydroxyl groups excluding tert-OH is 1. The van der Waals surface area contributed by atoms with Gasteiger partial charge < -0.3 is 20.5 Å². The van der Waals surface area contributed by atoms with Crippen LogP contribution in [0.5, 0.6) is 0 Å². The molecule has 0 radical (unpaired) electrons. The monoisotopic (exact) mass is 278 g/mol. The maximum absolute atomic E-state index is 12.4. The first-order valence-electron chi connectivity index (χ1n) is 6.99. The van der Waals surface area contributed by atoms with Crippen LogP contribution in [0.1, 0.15) is 24.3 Å². The molecular formula is C15H22N2O3. The van der Waals surface area contributed by atoms with Gasteiger partial charge in [-0.2, -0.15) is 0 Å². The fourth-order valence-corrected chi connectivity index (χ4v) is 2.60. The average molecular weight is 278 g/mol. The lowest BCUT2D eigenvalue weighted by atomic mass is 9.90. The molecule has 1 heterocycles. The molecule has 1 amide bonds. The van der Waals surface area contributed by atoms with Gasteiger partial charge in [0.25, 0.3) is 0 Å². The Morgan fingerprint density at radius 1 is 1.55 bits per heavy atom. The Balaban J connectivity index is 2.06. The van der Waals surface area contributed by atoms with Crippen molar-refractivity contribution in [1.29, 1.82) is 0 Å². The van der Waals surface area contributed by atoms with E-state index in [1.165, 1.54) is 0 Å². The van der Waals surface area contributed by atoms with Crippen LogP contribution in [-0.4, -0.2) is 43.9 Å². The number of hydrogen-bond acceptors (Lipinski definition) is 4. The van der Waals surface area contributed by atoms with Crippen LogP contribution in [0, 0.1) is 0 Å². The number of benzene rings is 1. The van der Waals surface area contributed by atoms with Crippen molar-refractivity contribution in [3.05, 3.63) is 29.8 Å². The summed E-state index contributed by atoms with van der Waals surface area (Å²) in [7, 11) is 1.59. The topological polar surface area (TPSA) is 70.6 Å². The molecule has 20 heavy (non-hydrogen) atoms. The minimum atomic E-state index is -0.139. The molecule has 2 rings (SSSR count). The van der Waals surface area contributed by atoms with Crippen LogP contribution in [0.2, 0.25) is 0 Å². The van der Waals surface area contributed by atoms with Gasteiger partial charge in [-0.05, 0) is 24.5 Å². The third-order valence-corrected chi connectivity index (χ3v) is 3.59. The van der Waals surface area contributed by atoms with Crippen LogP contribution < -0.4 is 10.6 Å². The van der Waals surface area contributed by atoms with Crippen molar-refractivity contribution < 1.29 is 14.6 Å². The molecule has 2 unspecified atom stereocenters. The van der Waals surface area contributed by atoms with Gasteiger partial charge in [-0.25, -0.2) is 0 Å².